The van der Waals surface area contributed by atoms with Crippen LogP contribution in [0.2, 0.25) is 0 Å². The zero-order valence-corrected chi connectivity index (χ0v) is 20.2. The maximum Gasteiger partial charge on any atom is 0.387 e. The van der Waals surface area contributed by atoms with E-state index < -0.39 is 36.2 Å². The summed E-state index contributed by atoms with van der Waals surface area (Å²) in [7, 11) is 0. The first-order valence-electron chi connectivity index (χ1n) is 11.1. The van der Waals surface area contributed by atoms with E-state index in [0.29, 0.717) is 32.2 Å². The summed E-state index contributed by atoms with van der Waals surface area (Å²) in [5.74, 6) is -1.62. The standard InChI is InChI=1S/C26H22F4N2O4S/c1-26(33,18-5-3-2-4-6-18)22-15-31-23(37-22)19(13-16-9-11-32(34)12-10-16)17-7-8-20(35-24(27)28)21(14-17)36-25(29)30/h2-12,14-15,19,24-25,33H,13H2,1H3. The highest BCUT2D eigenvalue weighted by Crippen LogP contribution is 2.40. The van der Waals surface area contributed by atoms with Crippen molar-refractivity contribution >= 4 is 11.3 Å². The van der Waals surface area contributed by atoms with Crippen molar-refractivity contribution in [3.05, 3.63) is 111 Å². The molecule has 6 nitrogen and oxygen atoms in total. The quantitative estimate of drug-likeness (QED) is 0.163. The number of benzene rings is 2. The van der Waals surface area contributed by atoms with Crippen LogP contribution in [-0.2, 0) is 12.0 Å². The number of halogens is 4. The lowest BCUT2D eigenvalue weighted by Gasteiger charge is -2.22. The second-order valence-electron chi connectivity index (χ2n) is 8.29. The molecule has 0 aliphatic rings. The summed E-state index contributed by atoms with van der Waals surface area (Å²) >= 11 is 1.23. The molecule has 0 spiro atoms. The molecule has 0 saturated carbocycles. The number of rotatable bonds is 10. The monoisotopic (exact) mass is 534 g/mol. The SMILES string of the molecule is CC(O)(c1ccccc1)c1cnc(C(Cc2cc[n+]([O-])cc2)c2ccc(OC(F)F)c(OC(F)F)c2)s1. The number of aliphatic hydroxyl groups is 1. The molecule has 2 atom stereocenters. The van der Waals surface area contributed by atoms with Crippen molar-refractivity contribution in [1.29, 1.82) is 0 Å². The number of aromatic nitrogens is 2. The van der Waals surface area contributed by atoms with Gasteiger partial charge in [-0.05, 0) is 42.2 Å². The lowest BCUT2D eigenvalue weighted by atomic mass is 9.92. The topological polar surface area (TPSA) is 78.5 Å². The third-order valence-corrected chi connectivity index (χ3v) is 7.07. The molecule has 1 N–H and O–H groups in total. The van der Waals surface area contributed by atoms with Crippen LogP contribution < -0.4 is 14.2 Å². The third kappa shape index (κ3) is 6.36. The van der Waals surface area contributed by atoms with E-state index in [2.05, 4.69) is 14.5 Å². The van der Waals surface area contributed by atoms with Gasteiger partial charge in [0.1, 0.15) is 10.6 Å². The number of nitrogens with zero attached hydrogens (tertiary/aromatic N) is 2. The average Bonchev–Trinajstić information content (AvgIpc) is 3.36. The van der Waals surface area contributed by atoms with Gasteiger partial charge in [-0.1, -0.05) is 36.4 Å². The van der Waals surface area contributed by atoms with Gasteiger partial charge < -0.3 is 19.8 Å². The summed E-state index contributed by atoms with van der Waals surface area (Å²) in [5, 5.41) is 23.3. The molecule has 2 aromatic carbocycles. The van der Waals surface area contributed by atoms with Crippen LogP contribution in [0.5, 0.6) is 11.5 Å². The summed E-state index contributed by atoms with van der Waals surface area (Å²) in [6.07, 6.45) is 4.49. The van der Waals surface area contributed by atoms with E-state index in [1.165, 1.54) is 35.9 Å². The molecular formula is C26H22F4N2O4S. The predicted molar refractivity (Wildman–Crippen MR) is 128 cm³/mol. The van der Waals surface area contributed by atoms with E-state index in [0.717, 1.165) is 11.6 Å². The van der Waals surface area contributed by atoms with Gasteiger partial charge in [0.2, 0.25) is 0 Å². The Morgan fingerprint density at radius 2 is 1.62 bits per heavy atom. The zero-order chi connectivity index (χ0) is 26.6. The van der Waals surface area contributed by atoms with E-state index in [-0.39, 0.29) is 0 Å². The van der Waals surface area contributed by atoms with Gasteiger partial charge in [0, 0.05) is 24.2 Å². The fourth-order valence-corrected chi connectivity index (χ4v) is 4.98. The summed E-state index contributed by atoms with van der Waals surface area (Å²) in [6, 6.07) is 16.1. The molecular weight excluding hydrogens is 512 g/mol. The van der Waals surface area contributed by atoms with Crippen molar-refractivity contribution in [1.82, 2.24) is 4.98 Å². The highest BCUT2D eigenvalue weighted by atomic mass is 32.1. The van der Waals surface area contributed by atoms with E-state index in [9.17, 15) is 27.9 Å². The van der Waals surface area contributed by atoms with Crippen molar-refractivity contribution in [2.24, 2.45) is 0 Å². The fraction of sp³-hybridized carbons (Fsp3) is 0.231. The van der Waals surface area contributed by atoms with Gasteiger partial charge in [-0.3, -0.25) is 0 Å². The van der Waals surface area contributed by atoms with E-state index in [1.54, 1.807) is 49.5 Å². The molecule has 4 rings (SSSR count). The van der Waals surface area contributed by atoms with Crippen LogP contribution in [0.3, 0.4) is 0 Å². The zero-order valence-electron chi connectivity index (χ0n) is 19.4. The fourth-order valence-electron chi connectivity index (χ4n) is 3.86. The molecule has 0 amide bonds. The smallest absolute Gasteiger partial charge is 0.387 e. The number of pyridine rings is 1. The highest BCUT2D eigenvalue weighted by molar-refractivity contribution is 7.11. The first kappa shape index (κ1) is 26.4. The molecule has 0 radical (unpaired) electrons. The summed E-state index contributed by atoms with van der Waals surface area (Å²) in [6.45, 7) is -4.85. The number of ether oxygens (including phenoxy) is 2. The number of thiazole rings is 1. The maximum absolute atomic E-state index is 13.0. The lowest BCUT2D eigenvalue weighted by Crippen LogP contribution is -2.24. The normalized spacial score (nSPS) is 13.9. The number of hydrogen-bond donors (Lipinski definition) is 1. The predicted octanol–water partition coefficient (Wildman–Crippen LogP) is 5.61. The van der Waals surface area contributed by atoms with Crippen LogP contribution in [-0.4, -0.2) is 23.3 Å². The Balaban J connectivity index is 1.76. The second-order valence-corrected chi connectivity index (χ2v) is 9.35. The van der Waals surface area contributed by atoms with Crippen LogP contribution in [0.15, 0.2) is 79.3 Å². The Hall–Kier alpha value is -3.70. The first-order chi connectivity index (χ1) is 17.6. The van der Waals surface area contributed by atoms with E-state index >= 15 is 0 Å². The van der Waals surface area contributed by atoms with Crippen molar-refractivity contribution in [2.45, 2.75) is 38.1 Å². The second kappa shape index (κ2) is 11.1. The third-order valence-electron chi connectivity index (χ3n) is 5.75. The molecule has 0 saturated heterocycles. The van der Waals surface area contributed by atoms with Gasteiger partial charge >= 0.3 is 13.2 Å². The Labute approximate surface area is 214 Å². The van der Waals surface area contributed by atoms with Gasteiger partial charge in [-0.25, -0.2) is 4.98 Å². The van der Waals surface area contributed by atoms with Crippen LogP contribution in [0.25, 0.3) is 0 Å². The molecule has 2 aromatic heterocycles. The molecule has 11 heteroatoms. The summed E-state index contributed by atoms with van der Waals surface area (Å²) in [5.41, 5.74) is 0.497. The number of hydrogen-bond acceptors (Lipinski definition) is 6. The van der Waals surface area contributed by atoms with E-state index in [1.807, 2.05) is 6.07 Å². The largest absolute Gasteiger partial charge is 0.619 e. The Kier molecular flexibility index (Phi) is 7.94. The minimum Gasteiger partial charge on any atom is -0.619 e. The average molecular weight is 535 g/mol. The number of alkyl halides is 4. The minimum absolute atomic E-state index is 0.296. The molecule has 2 unspecified atom stereocenters. The summed E-state index contributed by atoms with van der Waals surface area (Å²) in [4.78, 5) is 5.06. The van der Waals surface area contributed by atoms with Crippen molar-refractivity contribution < 1.29 is 36.9 Å². The van der Waals surface area contributed by atoms with Gasteiger partial charge in [0.15, 0.2) is 23.9 Å². The Bertz CT molecular complexity index is 1320. The van der Waals surface area contributed by atoms with Crippen LogP contribution in [0.1, 0.15) is 39.4 Å². The van der Waals surface area contributed by atoms with Crippen LogP contribution in [0.4, 0.5) is 17.6 Å². The van der Waals surface area contributed by atoms with Crippen LogP contribution >= 0.6 is 11.3 Å². The molecule has 0 fully saturated rings. The summed E-state index contributed by atoms with van der Waals surface area (Å²) < 4.78 is 61.1. The Morgan fingerprint density at radius 3 is 2.27 bits per heavy atom. The molecule has 2 heterocycles. The lowest BCUT2D eigenvalue weighted by molar-refractivity contribution is -0.605. The Morgan fingerprint density at radius 1 is 0.973 bits per heavy atom. The van der Waals surface area contributed by atoms with Gasteiger partial charge in [0.25, 0.3) is 0 Å². The van der Waals surface area contributed by atoms with Crippen molar-refractivity contribution in [2.75, 3.05) is 0 Å². The molecule has 37 heavy (non-hydrogen) atoms. The highest BCUT2D eigenvalue weighted by Gasteiger charge is 2.30. The first-order valence-corrected chi connectivity index (χ1v) is 11.9. The van der Waals surface area contributed by atoms with E-state index in [4.69, 9.17) is 0 Å². The molecule has 4 aromatic rings. The van der Waals surface area contributed by atoms with Crippen molar-refractivity contribution in [3.8, 4) is 11.5 Å². The van der Waals surface area contributed by atoms with Crippen LogP contribution in [0, 0.1) is 5.21 Å². The van der Waals surface area contributed by atoms with Gasteiger partial charge in [-0.2, -0.15) is 22.3 Å². The minimum atomic E-state index is -3.26. The molecule has 0 aliphatic carbocycles. The maximum atomic E-state index is 13.0. The van der Waals surface area contributed by atoms with Gasteiger partial charge in [0.05, 0.1) is 4.88 Å². The molecule has 0 aliphatic heterocycles. The van der Waals surface area contributed by atoms with Crippen molar-refractivity contribution in [3.63, 3.8) is 0 Å². The molecule has 194 valence electrons. The van der Waals surface area contributed by atoms with Gasteiger partial charge in [-0.15, -0.1) is 11.3 Å². The molecule has 0 bridgehead atoms.